The lowest BCUT2D eigenvalue weighted by Crippen LogP contribution is -2.03. The molecule has 0 radical (unpaired) electrons. The lowest BCUT2D eigenvalue weighted by molar-refractivity contribution is 1.08. The Morgan fingerprint density at radius 3 is 1.19 bits per heavy atom. The molecule has 0 aliphatic heterocycles. The van der Waals surface area contributed by atoms with Crippen molar-refractivity contribution in [2.45, 2.75) is 60.3 Å². The summed E-state index contributed by atoms with van der Waals surface area (Å²) in [7, 11) is 0. The van der Waals surface area contributed by atoms with Gasteiger partial charge in [0, 0.05) is 16.8 Å². The Kier molecular flexibility index (Phi) is 7.40. The summed E-state index contributed by atoms with van der Waals surface area (Å²) in [5, 5.41) is 0. The van der Waals surface area contributed by atoms with Crippen LogP contribution in [-0.4, -0.2) is 0 Å². The van der Waals surface area contributed by atoms with Crippen LogP contribution in [-0.2, 0) is 25.7 Å². The predicted octanol–water partition coefficient (Wildman–Crippen LogP) is 7.95. The Labute approximate surface area is 194 Å². The number of hydrogen-bond acceptors (Lipinski definition) is 1. The minimum atomic E-state index is 0.755. The number of anilines is 1. The maximum atomic E-state index is 6.79. The molecule has 0 unspecified atom stereocenters. The quantitative estimate of drug-likeness (QED) is 0.365. The number of aryl methyl sites for hydroxylation is 5. The van der Waals surface area contributed by atoms with Crippen LogP contribution in [0.4, 0.5) is 5.69 Å². The smallest absolute Gasteiger partial charge is 0.0473 e. The first-order valence-electron chi connectivity index (χ1n) is 11.9. The lowest BCUT2D eigenvalue weighted by Gasteiger charge is -2.18. The topological polar surface area (TPSA) is 26.0 Å². The van der Waals surface area contributed by atoms with Gasteiger partial charge >= 0.3 is 0 Å². The Morgan fingerprint density at radius 1 is 0.594 bits per heavy atom. The van der Waals surface area contributed by atoms with Crippen molar-refractivity contribution in [2.75, 3.05) is 5.73 Å². The molecule has 0 aromatic heterocycles. The Hall–Kier alpha value is -3.06. The zero-order valence-corrected chi connectivity index (χ0v) is 20.4. The first kappa shape index (κ1) is 23.6. The van der Waals surface area contributed by atoms with Gasteiger partial charge in [-0.3, -0.25) is 0 Å². The normalized spacial score (nSPS) is 10.9. The predicted molar refractivity (Wildman–Crippen MR) is 142 cm³/mol. The second-order valence-electron chi connectivity index (χ2n) is 8.72. The summed E-state index contributed by atoms with van der Waals surface area (Å²) in [5.74, 6) is 0. The number of rotatable bonds is 8. The fourth-order valence-corrected chi connectivity index (χ4v) is 4.30. The first-order valence-corrected chi connectivity index (χ1v) is 11.9. The summed E-state index contributed by atoms with van der Waals surface area (Å²) in [6, 6.07) is 17.9. The number of nitrogens with two attached hydrogens (primary N) is 1. The molecule has 0 spiro atoms. The summed E-state index contributed by atoms with van der Waals surface area (Å²) in [6.07, 6.45) is 4.03. The van der Waals surface area contributed by atoms with Crippen molar-refractivity contribution in [3.8, 4) is 0 Å². The van der Waals surface area contributed by atoms with Gasteiger partial charge in [0.1, 0.15) is 0 Å². The first-order chi connectivity index (χ1) is 15.3. The molecule has 0 atom stereocenters. The van der Waals surface area contributed by atoms with Gasteiger partial charge in [0.25, 0.3) is 0 Å². The molecule has 0 saturated carbocycles. The average molecular weight is 424 g/mol. The summed E-state index contributed by atoms with van der Waals surface area (Å²) < 4.78 is 0. The fraction of sp³-hybridized carbons (Fsp3) is 0.290. The van der Waals surface area contributed by atoms with E-state index in [0.717, 1.165) is 70.3 Å². The van der Waals surface area contributed by atoms with E-state index in [1.807, 2.05) is 0 Å². The molecule has 166 valence electrons. The van der Waals surface area contributed by atoms with Crippen LogP contribution in [0.5, 0.6) is 0 Å². The fourth-order valence-electron chi connectivity index (χ4n) is 4.30. The van der Waals surface area contributed by atoms with Crippen molar-refractivity contribution in [3.05, 3.63) is 112 Å². The van der Waals surface area contributed by atoms with E-state index < -0.39 is 0 Å². The average Bonchev–Trinajstić information content (AvgIpc) is 2.83. The standard InChI is InChI=1S/C31H37N/c1-8-23-14-24(9-2)17-27(16-23)21(6)29-12-20(5)13-30(31(29)32)22(7)28-18-25(10-3)15-26(11-4)19-28/h12-19H,6-11,32H2,1-5H3. The molecule has 0 bridgehead atoms. The van der Waals surface area contributed by atoms with Gasteiger partial charge in [0.05, 0.1) is 0 Å². The molecular formula is C31H37N. The highest BCUT2D eigenvalue weighted by molar-refractivity contribution is 5.93. The minimum Gasteiger partial charge on any atom is -0.398 e. The summed E-state index contributed by atoms with van der Waals surface area (Å²) in [4.78, 5) is 0. The summed E-state index contributed by atoms with van der Waals surface area (Å²) in [6.45, 7) is 19.8. The van der Waals surface area contributed by atoms with Crippen molar-refractivity contribution in [2.24, 2.45) is 0 Å². The van der Waals surface area contributed by atoms with Crippen LogP contribution in [0.3, 0.4) is 0 Å². The van der Waals surface area contributed by atoms with Crippen molar-refractivity contribution in [3.63, 3.8) is 0 Å². The van der Waals surface area contributed by atoms with Gasteiger partial charge in [-0.05, 0) is 94.8 Å². The summed E-state index contributed by atoms with van der Waals surface area (Å²) in [5.41, 5.74) is 20.3. The van der Waals surface area contributed by atoms with E-state index in [0.29, 0.717) is 0 Å². The van der Waals surface area contributed by atoms with Gasteiger partial charge < -0.3 is 5.73 Å². The maximum Gasteiger partial charge on any atom is 0.0473 e. The van der Waals surface area contributed by atoms with Crippen molar-refractivity contribution in [1.29, 1.82) is 0 Å². The third kappa shape index (κ3) is 4.88. The van der Waals surface area contributed by atoms with E-state index in [-0.39, 0.29) is 0 Å². The summed E-state index contributed by atoms with van der Waals surface area (Å²) >= 11 is 0. The molecule has 1 heteroatoms. The Balaban J connectivity index is 2.10. The van der Waals surface area contributed by atoms with E-state index in [9.17, 15) is 0 Å². The lowest BCUT2D eigenvalue weighted by atomic mass is 9.87. The molecule has 0 aliphatic carbocycles. The third-order valence-electron chi connectivity index (χ3n) is 6.41. The van der Waals surface area contributed by atoms with E-state index in [1.54, 1.807) is 0 Å². The molecule has 0 saturated heterocycles. The van der Waals surface area contributed by atoms with Gasteiger partial charge in [-0.15, -0.1) is 0 Å². The largest absolute Gasteiger partial charge is 0.398 e. The van der Waals surface area contributed by atoms with Crippen LogP contribution in [0.25, 0.3) is 11.1 Å². The molecular weight excluding hydrogens is 386 g/mol. The molecule has 0 fully saturated rings. The number of hydrogen-bond donors (Lipinski definition) is 1. The van der Waals surface area contributed by atoms with Crippen LogP contribution < -0.4 is 5.73 Å². The SMILES string of the molecule is C=C(c1cc(CC)cc(CC)c1)c1cc(C)cc(C(=C)c2cc(CC)cc(CC)c2)c1N. The van der Waals surface area contributed by atoms with E-state index in [4.69, 9.17) is 5.73 Å². The maximum absolute atomic E-state index is 6.79. The molecule has 0 amide bonds. The van der Waals surface area contributed by atoms with Gasteiger partial charge in [-0.2, -0.15) is 0 Å². The van der Waals surface area contributed by atoms with Crippen LogP contribution >= 0.6 is 0 Å². The van der Waals surface area contributed by atoms with Gasteiger partial charge in [-0.25, -0.2) is 0 Å². The minimum absolute atomic E-state index is 0.755. The molecule has 3 aromatic rings. The van der Waals surface area contributed by atoms with Gasteiger partial charge in [-0.1, -0.05) is 77.3 Å². The van der Waals surface area contributed by atoms with E-state index in [2.05, 4.69) is 96.3 Å². The Morgan fingerprint density at radius 2 is 0.906 bits per heavy atom. The van der Waals surface area contributed by atoms with Crippen LogP contribution in [0.1, 0.15) is 77.8 Å². The van der Waals surface area contributed by atoms with Crippen molar-refractivity contribution < 1.29 is 0 Å². The highest BCUT2D eigenvalue weighted by Gasteiger charge is 2.16. The number of nitrogen functional groups attached to an aromatic ring is 1. The molecule has 3 aromatic carbocycles. The second-order valence-corrected chi connectivity index (χ2v) is 8.72. The monoisotopic (exact) mass is 423 g/mol. The molecule has 0 aliphatic rings. The molecule has 2 N–H and O–H groups in total. The van der Waals surface area contributed by atoms with Crippen LogP contribution in [0, 0.1) is 6.92 Å². The second kappa shape index (κ2) is 10.0. The zero-order chi connectivity index (χ0) is 23.4. The van der Waals surface area contributed by atoms with E-state index >= 15 is 0 Å². The highest BCUT2D eigenvalue weighted by atomic mass is 14.6. The highest BCUT2D eigenvalue weighted by Crippen LogP contribution is 2.36. The molecule has 0 heterocycles. The molecule has 32 heavy (non-hydrogen) atoms. The van der Waals surface area contributed by atoms with Gasteiger partial charge in [0.2, 0.25) is 0 Å². The van der Waals surface area contributed by atoms with Crippen LogP contribution in [0.15, 0.2) is 61.7 Å². The van der Waals surface area contributed by atoms with Crippen molar-refractivity contribution in [1.82, 2.24) is 0 Å². The van der Waals surface area contributed by atoms with E-state index in [1.165, 1.54) is 22.3 Å². The zero-order valence-electron chi connectivity index (χ0n) is 20.4. The van der Waals surface area contributed by atoms with Gasteiger partial charge in [0.15, 0.2) is 0 Å². The Bertz CT molecular complexity index is 1030. The third-order valence-corrected chi connectivity index (χ3v) is 6.41. The van der Waals surface area contributed by atoms with Crippen molar-refractivity contribution >= 4 is 16.8 Å². The number of benzene rings is 3. The molecule has 3 rings (SSSR count). The van der Waals surface area contributed by atoms with Crippen LogP contribution in [0.2, 0.25) is 0 Å². The molecule has 1 nitrogen and oxygen atoms in total.